The lowest BCUT2D eigenvalue weighted by Gasteiger charge is -2.16. The zero-order chi connectivity index (χ0) is 24.1. The van der Waals surface area contributed by atoms with Crippen molar-refractivity contribution < 1.29 is 13.9 Å². The summed E-state index contributed by atoms with van der Waals surface area (Å²) in [6, 6.07) is 13.6. The van der Waals surface area contributed by atoms with E-state index in [0.29, 0.717) is 29.5 Å². The Kier molecular flexibility index (Phi) is 6.84. The van der Waals surface area contributed by atoms with E-state index in [9.17, 15) is 9.18 Å². The van der Waals surface area contributed by atoms with E-state index < -0.39 is 0 Å². The van der Waals surface area contributed by atoms with Crippen LogP contribution in [-0.2, 0) is 4.79 Å². The van der Waals surface area contributed by atoms with Crippen LogP contribution >= 0.6 is 0 Å². The largest absolute Gasteiger partial charge is 0.490 e. The van der Waals surface area contributed by atoms with Gasteiger partial charge in [0.25, 0.3) is 0 Å². The molecule has 0 saturated heterocycles. The van der Waals surface area contributed by atoms with E-state index in [4.69, 9.17) is 4.74 Å². The van der Waals surface area contributed by atoms with E-state index in [1.807, 2.05) is 37.2 Å². The van der Waals surface area contributed by atoms with Crippen molar-refractivity contribution in [2.75, 3.05) is 37.9 Å². The molecule has 0 spiro atoms. The van der Waals surface area contributed by atoms with E-state index in [0.717, 1.165) is 23.2 Å². The van der Waals surface area contributed by atoms with Crippen LogP contribution < -0.4 is 15.4 Å². The molecule has 0 aliphatic carbocycles. The van der Waals surface area contributed by atoms with Crippen LogP contribution in [0.25, 0.3) is 16.6 Å². The lowest BCUT2D eigenvalue weighted by molar-refractivity contribution is -0.111. The minimum Gasteiger partial charge on any atom is -0.490 e. The number of benzene rings is 2. The standard InChI is InChI=1S/C25H25FN6O2/c1-4-25(33)30-21-13-19(8-9-23(21)34-11-10-31(2)3)29-24-14-22-20(15-28-32(22)16-27-24)17-6-5-7-18(26)12-17/h4-9,12-16,29H,1,10-11H2,2-3H3,(H,30,33). The Labute approximate surface area is 196 Å². The van der Waals surface area contributed by atoms with Gasteiger partial charge < -0.3 is 20.3 Å². The Hall–Kier alpha value is -4.24. The number of carbonyl (C=O) groups is 1. The van der Waals surface area contributed by atoms with Crippen molar-refractivity contribution in [1.82, 2.24) is 19.5 Å². The fourth-order valence-electron chi connectivity index (χ4n) is 3.34. The normalized spacial score (nSPS) is 10.9. The van der Waals surface area contributed by atoms with Crippen LogP contribution in [0.2, 0.25) is 0 Å². The smallest absolute Gasteiger partial charge is 0.247 e. The molecule has 0 fully saturated rings. The molecule has 0 unspecified atom stereocenters. The Morgan fingerprint density at radius 3 is 2.85 bits per heavy atom. The summed E-state index contributed by atoms with van der Waals surface area (Å²) in [5, 5.41) is 10.3. The van der Waals surface area contributed by atoms with Gasteiger partial charge in [-0.15, -0.1) is 0 Å². The first kappa shape index (κ1) is 22.9. The lowest BCUT2D eigenvalue weighted by atomic mass is 10.1. The fourth-order valence-corrected chi connectivity index (χ4v) is 3.34. The number of carbonyl (C=O) groups excluding carboxylic acids is 1. The second-order valence-electron chi connectivity index (χ2n) is 7.85. The van der Waals surface area contributed by atoms with Gasteiger partial charge >= 0.3 is 0 Å². The van der Waals surface area contributed by atoms with Crippen molar-refractivity contribution >= 4 is 28.6 Å². The zero-order valence-electron chi connectivity index (χ0n) is 19.0. The molecule has 8 nitrogen and oxygen atoms in total. The average molecular weight is 461 g/mol. The highest BCUT2D eigenvalue weighted by molar-refractivity contribution is 6.00. The van der Waals surface area contributed by atoms with E-state index in [-0.39, 0.29) is 11.7 Å². The number of likely N-dealkylation sites (N-methyl/N-ethyl adjacent to an activating group) is 1. The predicted octanol–water partition coefficient (Wildman–Crippen LogP) is 4.34. The van der Waals surface area contributed by atoms with Crippen LogP contribution in [0.4, 0.5) is 21.6 Å². The van der Waals surface area contributed by atoms with Gasteiger partial charge in [0.05, 0.1) is 17.4 Å². The molecule has 9 heteroatoms. The Balaban J connectivity index is 1.61. The van der Waals surface area contributed by atoms with E-state index >= 15 is 0 Å². The van der Waals surface area contributed by atoms with Gasteiger partial charge in [-0.3, -0.25) is 4.79 Å². The third-order valence-corrected chi connectivity index (χ3v) is 5.04. The summed E-state index contributed by atoms with van der Waals surface area (Å²) in [4.78, 5) is 18.3. The van der Waals surface area contributed by atoms with Gasteiger partial charge in [0.15, 0.2) is 0 Å². The van der Waals surface area contributed by atoms with Gasteiger partial charge in [-0.25, -0.2) is 13.9 Å². The molecule has 2 N–H and O–H groups in total. The second-order valence-corrected chi connectivity index (χ2v) is 7.85. The van der Waals surface area contributed by atoms with Gasteiger partial charge in [-0.2, -0.15) is 5.10 Å². The Morgan fingerprint density at radius 1 is 1.24 bits per heavy atom. The number of anilines is 3. The molecule has 0 atom stereocenters. The van der Waals surface area contributed by atoms with Gasteiger partial charge in [-0.05, 0) is 56.1 Å². The highest BCUT2D eigenvalue weighted by atomic mass is 19.1. The quantitative estimate of drug-likeness (QED) is 0.362. The molecule has 174 valence electrons. The van der Waals surface area contributed by atoms with E-state index in [1.165, 1.54) is 18.2 Å². The summed E-state index contributed by atoms with van der Waals surface area (Å²) in [5.41, 5.74) is 3.49. The van der Waals surface area contributed by atoms with Crippen molar-refractivity contribution in [3.8, 4) is 16.9 Å². The number of nitrogens with zero attached hydrogens (tertiary/aromatic N) is 4. The molecule has 0 aliphatic heterocycles. The first-order valence-electron chi connectivity index (χ1n) is 10.6. The fraction of sp³-hybridized carbons (Fsp3) is 0.160. The molecule has 2 aromatic carbocycles. The number of fused-ring (bicyclic) bond motifs is 1. The number of hydrogen-bond donors (Lipinski definition) is 2. The predicted molar refractivity (Wildman–Crippen MR) is 131 cm³/mol. The Morgan fingerprint density at radius 2 is 2.09 bits per heavy atom. The number of aromatic nitrogens is 3. The van der Waals surface area contributed by atoms with Gasteiger partial charge in [0.2, 0.25) is 5.91 Å². The molecular formula is C25H25FN6O2. The molecule has 0 bridgehead atoms. The number of nitrogens with one attached hydrogen (secondary N) is 2. The third kappa shape index (κ3) is 5.38. The minimum absolute atomic E-state index is 0.314. The maximum Gasteiger partial charge on any atom is 0.247 e. The molecule has 1 amide bonds. The molecule has 4 aromatic rings. The van der Waals surface area contributed by atoms with Crippen LogP contribution in [0.1, 0.15) is 0 Å². The topological polar surface area (TPSA) is 83.8 Å². The van der Waals surface area contributed by atoms with Crippen LogP contribution in [0.15, 0.2) is 73.7 Å². The van der Waals surface area contributed by atoms with Crippen molar-refractivity contribution in [1.29, 1.82) is 0 Å². The summed E-state index contributed by atoms with van der Waals surface area (Å²) in [6.45, 7) is 4.71. The number of rotatable bonds is 9. The van der Waals surface area contributed by atoms with Crippen molar-refractivity contribution in [3.05, 3.63) is 79.5 Å². The molecule has 0 saturated carbocycles. The summed E-state index contributed by atoms with van der Waals surface area (Å²) in [7, 11) is 3.92. The third-order valence-electron chi connectivity index (χ3n) is 5.04. The van der Waals surface area contributed by atoms with Crippen molar-refractivity contribution in [2.24, 2.45) is 0 Å². The van der Waals surface area contributed by atoms with Gasteiger partial charge in [-0.1, -0.05) is 18.7 Å². The maximum absolute atomic E-state index is 13.7. The van der Waals surface area contributed by atoms with E-state index in [2.05, 4.69) is 27.3 Å². The zero-order valence-corrected chi connectivity index (χ0v) is 19.0. The number of halogens is 1. The van der Waals surface area contributed by atoms with Crippen molar-refractivity contribution in [2.45, 2.75) is 0 Å². The first-order chi connectivity index (χ1) is 16.4. The SMILES string of the molecule is C=CC(=O)Nc1cc(Nc2cc3c(-c4cccc(F)c4)cnn3cn2)ccc1OCCN(C)C. The van der Waals surface area contributed by atoms with Crippen LogP contribution in [0.3, 0.4) is 0 Å². The molecule has 2 heterocycles. The van der Waals surface area contributed by atoms with Gasteiger partial charge in [0, 0.05) is 23.9 Å². The summed E-state index contributed by atoms with van der Waals surface area (Å²) in [5.74, 6) is 0.461. The number of hydrogen-bond acceptors (Lipinski definition) is 6. The van der Waals surface area contributed by atoms with Crippen LogP contribution in [0.5, 0.6) is 5.75 Å². The second kappa shape index (κ2) is 10.1. The first-order valence-corrected chi connectivity index (χ1v) is 10.6. The highest BCUT2D eigenvalue weighted by Gasteiger charge is 2.11. The minimum atomic E-state index is -0.340. The number of ether oxygens (including phenoxy) is 1. The Bertz CT molecular complexity index is 1330. The van der Waals surface area contributed by atoms with Gasteiger partial charge in [0.1, 0.15) is 30.3 Å². The van der Waals surface area contributed by atoms with E-state index in [1.54, 1.807) is 35.2 Å². The van der Waals surface area contributed by atoms with Crippen molar-refractivity contribution in [3.63, 3.8) is 0 Å². The molecule has 0 aliphatic rings. The molecular weight excluding hydrogens is 435 g/mol. The maximum atomic E-state index is 13.7. The lowest BCUT2D eigenvalue weighted by Crippen LogP contribution is -2.20. The summed E-state index contributed by atoms with van der Waals surface area (Å²) in [6.07, 6.45) is 4.46. The number of amides is 1. The monoisotopic (exact) mass is 460 g/mol. The highest BCUT2D eigenvalue weighted by Crippen LogP contribution is 2.31. The summed E-state index contributed by atoms with van der Waals surface area (Å²) >= 11 is 0. The summed E-state index contributed by atoms with van der Waals surface area (Å²) < 4.78 is 21.2. The molecule has 0 radical (unpaired) electrons. The molecule has 4 rings (SSSR count). The molecule has 34 heavy (non-hydrogen) atoms. The molecule has 2 aromatic heterocycles. The van der Waals surface area contributed by atoms with Crippen LogP contribution in [-0.4, -0.2) is 52.7 Å². The van der Waals surface area contributed by atoms with Crippen LogP contribution in [0, 0.1) is 5.82 Å². The average Bonchev–Trinajstić information content (AvgIpc) is 3.23.